The summed E-state index contributed by atoms with van der Waals surface area (Å²) in [5.74, 6) is -0.197. The van der Waals surface area contributed by atoms with Crippen LogP contribution >= 0.6 is 0 Å². The van der Waals surface area contributed by atoms with E-state index in [1.165, 1.54) is 24.3 Å². The van der Waals surface area contributed by atoms with Crippen LogP contribution < -0.4 is 11.1 Å². The second-order valence-electron chi connectivity index (χ2n) is 5.35. The topological polar surface area (TPSA) is 77.2 Å². The maximum Gasteiger partial charge on any atom is 0.434 e. The summed E-state index contributed by atoms with van der Waals surface area (Å²) in [6, 6.07) is 11.7. The molecule has 1 aromatic carbocycles. The number of halogens is 3. The molecule has 0 atom stereocenters. The summed E-state index contributed by atoms with van der Waals surface area (Å²) < 4.78 is 43.7. The highest BCUT2D eigenvalue weighted by Crippen LogP contribution is 2.31. The van der Waals surface area contributed by atoms with E-state index in [4.69, 9.17) is 10.5 Å². The van der Waals surface area contributed by atoms with Crippen molar-refractivity contribution >= 4 is 18.0 Å². The largest absolute Gasteiger partial charge is 0.445 e. The Morgan fingerprint density at radius 2 is 1.92 bits per heavy atom. The van der Waals surface area contributed by atoms with Crippen LogP contribution in [0.3, 0.4) is 0 Å². The molecule has 1 amide bonds. The van der Waals surface area contributed by atoms with E-state index in [2.05, 4.69) is 10.3 Å². The zero-order chi connectivity index (χ0) is 19.0. The van der Waals surface area contributed by atoms with Gasteiger partial charge in [-0.05, 0) is 24.1 Å². The van der Waals surface area contributed by atoms with E-state index in [-0.39, 0.29) is 24.5 Å². The van der Waals surface area contributed by atoms with Crippen LogP contribution in [0.5, 0.6) is 0 Å². The van der Waals surface area contributed by atoms with Crippen molar-refractivity contribution in [3.63, 3.8) is 0 Å². The monoisotopic (exact) mass is 365 g/mol. The van der Waals surface area contributed by atoms with Crippen molar-refractivity contribution in [2.45, 2.75) is 19.2 Å². The SMILES string of the molecule is Nc1ccc(C=CCCNC(=O)OCc2ccccc2)c(C(F)(F)F)n1. The first-order valence-corrected chi connectivity index (χ1v) is 7.81. The molecule has 1 aromatic heterocycles. The van der Waals surface area contributed by atoms with Crippen LogP contribution in [-0.4, -0.2) is 17.6 Å². The van der Waals surface area contributed by atoms with Gasteiger partial charge in [0.15, 0.2) is 5.69 Å². The Labute approximate surface area is 148 Å². The van der Waals surface area contributed by atoms with Crippen molar-refractivity contribution in [3.8, 4) is 0 Å². The molecule has 0 aliphatic rings. The van der Waals surface area contributed by atoms with Gasteiger partial charge in [0.05, 0.1) is 0 Å². The number of amides is 1. The first kappa shape index (κ1) is 19.3. The van der Waals surface area contributed by atoms with Gasteiger partial charge in [0.1, 0.15) is 12.4 Å². The van der Waals surface area contributed by atoms with Gasteiger partial charge in [-0.2, -0.15) is 13.2 Å². The molecule has 3 N–H and O–H groups in total. The molecule has 138 valence electrons. The summed E-state index contributed by atoms with van der Waals surface area (Å²) in [7, 11) is 0. The third kappa shape index (κ3) is 6.12. The molecule has 0 spiro atoms. The van der Waals surface area contributed by atoms with E-state index < -0.39 is 18.0 Å². The Morgan fingerprint density at radius 3 is 2.62 bits per heavy atom. The van der Waals surface area contributed by atoms with Gasteiger partial charge in [-0.1, -0.05) is 42.5 Å². The zero-order valence-electron chi connectivity index (χ0n) is 13.8. The average Bonchev–Trinajstić information content (AvgIpc) is 2.61. The van der Waals surface area contributed by atoms with Gasteiger partial charge in [-0.15, -0.1) is 0 Å². The molecule has 0 saturated heterocycles. The lowest BCUT2D eigenvalue weighted by Gasteiger charge is -2.09. The minimum atomic E-state index is -4.59. The fourth-order valence-electron chi connectivity index (χ4n) is 2.09. The molecular weight excluding hydrogens is 347 g/mol. The second kappa shape index (κ2) is 8.89. The van der Waals surface area contributed by atoms with Crippen LogP contribution in [0.2, 0.25) is 0 Å². The molecule has 5 nitrogen and oxygen atoms in total. The smallest absolute Gasteiger partial charge is 0.434 e. The predicted octanol–water partition coefficient (Wildman–Crippen LogP) is 4.01. The molecule has 2 rings (SSSR count). The minimum absolute atomic E-state index is 0.0849. The van der Waals surface area contributed by atoms with Crippen molar-refractivity contribution in [3.05, 3.63) is 65.4 Å². The molecular formula is C18H18F3N3O2. The minimum Gasteiger partial charge on any atom is -0.445 e. The Morgan fingerprint density at radius 1 is 1.19 bits per heavy atom. The van der Waals surface area contributed by atoms with Gasteiger partial charge >= 0.3 is 12.3 Å². The van der Waals surface area contributed by atoms with Crippen LogP contribution in [0.1, 0.15) is 23.2 Å². The number of nitrogen functional groups attached to an aromatic ring is 1. The average molecular weight is 365 g/mol. The fraction of sp³-hybridized carbons (Fsp3) is 0.222. The molecule has 0 fully saturated rings. The molecule has 0 bridgehead atoms. The number of aromatic nitrogens is 1. The van der Waals surface area contributed by atoms with E-state index >= 15 is 0 Å². The third-order valence-corrected chi connectivity index (χ3v) is 3.31. The zero-order valence-corrected chi connectivity index (χ0v) is 13.8. The number of nitrogens with zero attached hydrogens (tertiary/aromatic N) is 1. The van der Waals surface area contributed by atoms with Gasteiger partial charge in [0.2, 0.25) is 0 Å². The Balaban J connectivity index is 1.78. The van der Waals surface area contributed by atoms with E-state index in [0.717, 1.165) is 5.56 Å². The highest BCUT2D eigenvalue weighted by molar-refractivity contribution is 5.67. The van der Waals surface area contributed by atoms with Crippen molar-refractivity contribution in [2.24, 2.45) is 0 Å². The standard InChI is InChI=1S/C18H18F3N3O2/c19-18(20,21)16-14(9-10-15(22)24-16)8-4-5-11-23-17(25)26-12-13-6-2-1-3-7-13/h1-4,6-10H,5,11-12H2,(H2,22,24)(H,23,25). The highest BCUT2D eigenvalue weighted by Gasteiger charge is 2.34. The number of alkyl halides is 3. The molecule has 1 heterocycles. The molecule has 0 saturated carbocycles. The number of carbonyl (C=O) groups excluding carboxylic acids is 1. The number of hydrogen-bond donors (Lipinski definition) is 2. The maximum absolute atomic E-state index is 12.9. The number of carbonyl (C=O) groups is 1. The van der Waals surface area contributed by atoms with Crippen molar-refractivity contribution in [1.82, 2.24) is 10.3 Å². The molecule has 2 aromatic rings. The lowest BCUT2D eigenvalue weighted by atomic mass is 10.1. The fourth-order valence-corrected chi connectivity index (χ4v) is 2.09. The number of rotatable bonds is 6. The third-order valence-electron chi connectivity index (χ3n) is 3.31. The molecule has 8 heteroatoms. The summed E-state index contributed by atoms with van der Waals surface area (Å²) >= 11 is 0. The number of nitrogens with one attached hydrogen (secondary N) is 1. The van der Waals surface area contributed by atoms with E-state index in [1.54, 1.807) is 0 Å². The van der Waals surface area contributed by atoms with Crippen LogP contribution in [0.4, 0.5) is 23.8 Å². The summed E-state index contributed by atoms with van der Waals surface area (Å²) in [6.45, 7) is 0.377. The Kier molecular flexibility index (Phi) is 6.60. The van der Waals surface area contributed by atoms with Crippen LogP contribution in [0.15, 0.2) is 48.5 Å². The van der Waals surface area contributed by atoms with Crippen molar-refractivity contribution in [1.29, 1.82) is 0 Å². The summed E-state index contributed by atoms with van der Waals surface area (Å²) in [5.41, 5.74) is 5.04. The normalized spacial score (nSPS) is 11.5. The number of hydrogen-bond acceptors (Lipinski definition) is 4. The molecule has 0 aliphatic carbocycles. The Bertz CT molecular complexity index is 762. The summed E-state index contributed by atoms with van der Waals surface area (Å²) in [5, 5.41) is 2.52. The van der Waals surface area contributed by atoms with Crippen LogP contribution in [-0.2, 0) is 17.5 Å². The van der Waals surface area contributed by atoms with Gasteiger partial charge in [-0.3, -0.25) is 0 Å². The molecule has 0 radical (unpaired) electrons. The molecule has 0 unspecified atom stereocenters. The highest BCUT2D eigenvalue weighted by atomic mass is 19.4. The number of pyridine rings is 1. The number of anilines is 1. The van der Waals surface area contributed by atoms with Gasteiger partial charge < -0.3 is 15.8 Å². The number of alkyl carbamates (subject to hydrolysis) is 1. The van der Waals surface area contributed by atoms with E-state index in [0.29, 0.717) is 6.42 Å². The quantitative estimate of drug-likeness (QED) is 0.758. The van der Waals surface area contributed by atoms with Gasteiger partial charge in [-0.25, -0.2) is 9.78 Å². The lowest BCUT2D eigenvalue weighted by Crippen LogP contribution is -2.24. The molecule has 26 heavy (non-hydrogen) atoms. The van der Waals surface area contributed by atoms with Crippen molar-refractivity contribution < 1.29 is 22.7 Å². The number of benzene rings is 1. The Hall–Kier alpha value is -3.03. The first-order chi connectivity index (χ1) is 12.4. The first-order valence-electron chi connectivity index (χ1n) is 7.81. The van der Waals surface area contributed by atoms with Crippen LogP contribution in [0.25, 0.3) is 6.08 Å². The summed E-state index contributed by atoms with van der Waals surface area (Å²) in [4.78, 5) is 14.9. The van der Waals surface area contributed by atoms with E-state index in [9.17, 15) is 18.0 Å². The lowest BCUT2D eigenvalue weighted by molar-refractivity contribution is -0.141. The summed E-state index contributed by atoms with van der Waals surface area (Å²) in [6.07, 6.45) is -2.03. The van der Waals surface area contributed by atoms with Crippen LogP contribution in [0, 0.1) is 0 Å². The second-order valence-corrected chi connectivity index (χ2v) is 5.35. The maximum atomic E-state index is 12.9. The molecule has 0 aliphatic heterocycles. The van der Waals surface area contributed by atoms with Crippen molar-refractivity contribution in [2.75, 3.05) is 12.3 Å². The van der Waals surface area contributed by atoms with E-state index in [1.807, 2.05) is 30.3 Å². The number of nitrogens with two attached hydrogens (primary N) is 1. The van der Waals surface area contributed by atoms with Gasteiger partial charge in [0, 0.05) is 12.1 Å². The predicted molar refractivity (Wildman–Crippen MR) is 91.9 cm³/mol. The number of ether oxygens (including phenoxy) is 1. The van der Waals surface area contributed by atoms with Gasteiger partial charge in [0.25, 0.3) is 0 Å².